The number of aliphatic hydroxyl groups is 1. The Labute approximate surface area is 58.3 Å². The molecule has 0 fully saturated rings. The summed E-state index contributed by atoms with van der Waals surface area (Å²) in [6.07, 6.45) is 1.51. The zero-order valence-electron chi connectivity index (χ0n) is 5.72. The summed E-state index contributed by atoms with van der Waals surface area (Å²) in [6, 6.07) is 1.67. The van der Waals surface area contributed by atoms with Crippen LogP contribution in [0.3, 0.4) is 0 Å². The lowest BCUT2D eigenvalue weighted by Gasteiger charge is -1.94. The van der Waals surface area contributed by atoms with Gasteiger partial charge in [-0.1, -0.05) is 0 Å². The van der Waals surface area contributed by atoms with Gasteiger partial charge in [0.2, 0.25) is 0 Å². The number of nitrogens with one attached hydrogen (secondary N) is 1. The van der Waals surface area contributed by atoms with E-state index in [1.165, 1.54) is 6.20 Å². The maximum absolute atomic E-state index is 10.7. The van der Waals surface area contributed by atoms with E-state index in [2.05, 4.69) is 4.98 Å². The zero-order chi connectivity index (χ0) is 7.56. The Bertz CT molecular complexity index is 277. The van der Waals surface area contributed by atoms with Crippen LogP contribution in [-0.4, -0.2) is 10.1 Å². The van der Waals surface area contributed by atoms with Gasteiger partial charge in [0.1, 0.15) is 0 Å². The molecule has 0 amide bonds. The van der Waals surface area contributed by atoms with Crippen molar-refractivity contribution in [2.24, 2.45) is 0 Å². The summed E-state index contributed by atoms with van der Waals surface area (Å²) >= 11 is 0. The fourth-order valence-corrected chi connectivity index (χ4v) is 0.749. The molecule has 3 nitrogen and oxygen atoms in total. The fourth-order valence-electron chi connectivity index (χ4n) is 0.749. The monoisotopic (exact) mass is 139 g/mol. The first kappa shape index (κ1) is 7.02. The van der Waals surface area contributed by atoms with E-state index >= 15 is 0 Å². The van der Waals surface area contributed by atoms with Gasteiger partial charge in [-0.3, -0.25) is 4.79 Å². The Morgan fingerprint density at radius 2 is 2.40 bits per heavy atom. The van der Waals surface area contributed by atoms with Crippen LogP contribution >= 0.6 is 0 Å². The molecule has 2 N–H and O–H groups in total. The van der Waals surface area contributed by atoms with Crippen molar-refractivity contribution in [3.63, 3.8) is 0 Å². The van der Waals surface area contributed by atoms with Gasteiger partial charge in [-0.2, -0.15) is 0 Å². The highest BCUT2D eigenvalue weighted by atomic mass is 16.3. The lowest BCUT2D eigenvalue weighted by molar-refractivity contribution is 0.281. The van der Waals surface area contributed by atoms with Crippen LogP contribution < -0.4 is 5.56 Å². The van der Waals surface area contributed by atoms with Crippen molar-refractivity contribution >= 4 is 0 Å². The van der Waals surface area contributed by atoms with Crippen molar-refractivity contribution in [1.29, 1.82) is 0 Å². The van der Waals surface area contributed by atoms with Crippen LogP contribution in [0.5, 0.6) is 0 Å². The SMILES string of the molecule is Cc1cc(CO)c[nH]c1=O. The molecular weight excluding hydrogens is 130 g/mol. The highest BCUT2D eigenvalue weighted by molar-refractivity contribution is 5.15. The van der Waals surface area contributed by atoms with Gasteiger partial charge in [0, 0.05) is 11.8 Å². The van der Waals surface area contributed by atoms with Crippen molar-refractivity contribution in [2.45, 2.75) is 13.5 Å². The lowest BCUT2D eigenvalue weighted by atomic mass is 10.2. The standard InChI is InChI=1S/C7H9NO2/c1-5-2-6(4-9)3-8-7(5)10/h2-3,9H,4H2,1H3,(H,8,10). The van der Waals surface area contributed by atoms with E-state index in [0.29, 0.717) is 5.56 Å². The summed E-state index contributed by atoms with van der Waals surface area (Å²) in [5.74, 6) is 0. The highest BCUT2D eigenvalue weighted by Gasteiger charge is 1.93. The van der Waals surface area contributed by atoms with Gasteiger partial charge in [-0.25, -0.2) is 0 Å². The van der Waals surface area contributed by atoms with Crippen molar-refractivity contribution in [3.8, 4) is 0 Å². The number of hydrogen-bond acceptors (Lipinski definition) is 2. The summed E-state index contributed by atoms with van der Waals surface area (Å²) in [5, 5.41) is 8.63. The van der Waals surface area contributed by atoms with Gasteiger partial charge in [0.05, 0.1) is 6.61 Å². The lowest BCUT2D eigenvalue weighted by Crippen LogP contribution is -2.08. The minimum absolute atomic E-state index is 0.0301. The number of H-pyrrole nitrogens is 1. The van der Waals surface area contributed by atoms with E-state index in [4.69, 9.17) is 5.11 Å². The maximum Gasteiger partial charge on any atom is 0.250 e. The molecule has 0 saturated carbocycles. The first-order valence-electron chi connectivity index (χ1n) is 3.03. The topological polar surface area (TPSA) is 53.1 Å². The van der Waals surface area contributed by atoms with E-state index in [0.717, 1.165) is 5.56 Å². The Morgan fingerprint density at radius 3 is 2.90 bits per heavy atom. The van der Waals surface area contributed by atoms with Gasteiger partial charge in [0.25, 0.3) is 5.56 Å². The molecule has 0 unspecified atom stereocenters. The third-order valence-corrected chi connectivity index (χ3v) is 1.33. The van der Waals surface area contributed by atoms with Crippen molar-refractivity contribution in [3.05, 3.63) is 33.7 Å². The van der Waals surface area contributed by atoms with E-state index in [1.807, 2.05) is 0 Å². The second-order valence-electron chi connectivity index (χ2n) is 2.18. The van der Waals surface area contributed by atoms with Crippen LogP contribution in [-0.2, 0) is 6.61 Å². The summed E-state index contributed by atoms with van der Waals surface area (Å²) in [7, 11) is 0. The van der Waals surface area contributed by atoms with E-state index in [-0.39, 0.29) is 12.2 Å². The molecule has 54 valence electrons. The number of aromatic nitrogens is 1. The average Bonchev–Trinajstić information content (AvgIpc) is 1.95. The molecule has 1 aromatic rings. The smallest absolute Gasteiger partial charge is 0.250 e. The normalized spacial score (nSPS) is 9.80. The minimum atomic E-state index is -0.0998. The van der Waals surface area contributed by atoms with E-state index < -0.39 is 0 Å². The van der Waals surface area contributed by atoms with Crippen LogP contribution in [0.25, 0.3) is 0 Å². The zero-order valence-corrected chi connectivity index (χ0v) is 5.72. The molecule has 1 rings (SSSR count). The average molecular weight is 139 g/mol. The van der Waals surface area contributed by atoms with Crippen molar-refractivity contribution < 1.29 is 5.11 Å². The third-order valence-electron chi connectivity index (χ3n) is 1.33. The number of pyridine rings is 1. The van der Waals surface area contributed by atoms with Crippen molar-refractivity contribution in [2.75, 3.05) is 0 Å². The Hall–Kier alpha value is -1.09. The number of aromatic amines is 1. The second kappa shape index (κ2) is 2.66. The molecule has 0 atom stereocenters. The molecule has 0 saturated heterocycles. The van der Waals surface area contributed by atoms with Crippen LogP contribution in [0.15, 0.2) is 17.1 Å². The van der Waals surface area contributed by atoms with Crippen LogP contribution in [0, 0.1) is 6.92 Å². The van der Waals surface area contributed by atoms with Gasteiger partial charge in [-0.05, 0) is 18.6 Å². The number of rotatable bonds is 1. The van der Waals surface area contributed by atoms with Crippen LogP contribution in [0.2, 0.25) is 0 Å². The summed E-state index contributed by atoms with van der Waals surface area (Å²) < 4.78 is 0. The predicted octanol–water partition coefficient (Wildman–Crippen LogP) is 0.176. The second-order valence-corrected chi connectivity index (χ2v) is 2.18. The first-order valence-corrected chi connectivity index (χ1v) is 3.03. The number of hydrogen-bond donors (Lipinski definition) is 2. The molecule has 3 heteroatoms. The molecule has 0 aliphatic rings. The molecule has 0 radical (unpaired) electrons. The maximum atomic E-state index is 10.7. The van der Waals surface area contributed by atoms with Crippen LogP contribution in [0.1, 0.15) is 11.1 Å². The van der Waals surface area contributed by atoms with Gasteiger partial charge in [-0.15, -0.1) is 0 Å². The Balaban J connectivity index is 3.17. The Kier molecular flexibility index (Phi) is 1.87. The van der Waals surface area contributed by atoms with E-state index in [1.54, 1.807) is 13.0 Å². The minimum Gasteiger partial charge on any atom is -0.392 e. The van der Waals surface area contributed by atoms with Crippen LogP contribution in [0.4, 0.5) is 0 Å². The summed E-state index contributed by atoms with van der Waals surface area (Å²) in [4.78, 5) is 13.3. The molecule has 1 heterocycles. The largest absolute Gasteiger partial charge is 0.392 e. The molecule has 0 bridgehead atoms. The molecular formula is C7H9NO2. The summed E-state index contributed by atoms with van der Waals surface area (Å²) in [5.41, 5.74) is 1.26. The molecule has 0 aromatic carbocycles. The highest BCUT2D eigenvalue weighted by Crippen LogP contribution is 1.95. The van der Waals surface area contributed by atoms with Gasteiger partial charge >= 0.3 is 0 Å². The molecule has 0 aliphatic heterocycles. The summed E-state index contributed by atoms with van der Waals surface area (Å²) in [6.45, 7) is 1.68. The Morgan fingerprint density at radius 1 is 1.70 bits per heavy atom. The first-order chi connectivity index (χ1) is 4.74. The molecule has 1 aromatic heterocycles. The molecule has 0 spiro atoms. The quantitative estimate of drug-likeness (QED) is 0.583. The number of aryl methyl sites for hydroxylation is 1. The van der Waals surface area contributed by atoms with Gasteiger partial charge < -0.3 is 10.1 Å². The third kappa shape index (κ3) is 1.25. The van der Waals surface area contributed by atoms with Gasteiger partial charge in [0.15, 0.2) is 0 Å². The number of aliphatic hydroxyl groups excluding tert-OH is 1. The predicted molar refractivity (Wildman–Crippen MR) is 37.7 cm³/mol. The van der Waals surface area contributed by atoms with E-state index in [9.17, 15) is 4.79 Å². The molecule has 10 heavy (non-hydrogen) atoms. The fraction of sp³-hybridized carbons (Fsp3) is 0.286. The molecule has 0 aliphatic carbocycles. The van der Waals surface area contributed by atoms with Crippen molar-refractivity contribution in [1.82, 2.24) is 4.98 Å².